The molecule has 0 aliphatic rings. The van der Waals surface area contributed by atoms with Gasteiger partial charge in [0.2, 0.25) is 10.0 Å². The third-order valence-corrected chi connectivity index (χ3v) is 4.39. The van der Waals surface area contributed by atoms with Crippen LogP contribution in [0.1, 0.15) is 18.1 Å². The van der Waals surface area contributed by atoms with E-state index in [1.165, 1.54) is 12.1 Å². The first kappa shape index (κ1) is 15.5. The van der Waals surface area contributed by atoms with Gasteiger partial charge in [0, 0.05) is 18.7 Å². The van der Waals surface area contributed by atoms with Crippen molar-refractivity contribution in [3.8, 4) is 0 Å². The Morgan fingerprint density at radius 2 is 1.89 bits per heavy atom. The van der Waals surface area contributed by atoms with Crippen LogP contribution in [-0.2, 0) is 10.0 Å². The number of nitrogens with zero attached hydrogens (tertiary/aromatic N) is 1. The van der Waals surface area contributed by atoms with Gasteiger partial charge in [-0.25, -0.2) is 13.1 Å². The lowest BCUT2D eigenvalue weighted by atomic mass is 10.1. The minimum absolute atomic E-state index is 0.109. The van der Waals surface area contributed by atoms with Crippen molar-refractivity contribution in [3.05, 3.63) is 33.4 Å². The molecule has 7 nitrogen and oxygen atoms in total. The summed E-state index contributed by atoms with van der Waals surface area (Å²) in [6, 6.07) is 2.07. The average molecular weight is 287 g/mol. The number of nitrogens with one attached hydrogen (secondary N) is 1. The molecule has 0 bridgehead atoms. The fraction of sp³-hybridized carbons (Fsp3) is 0.455. The molecule has 106 valence electrons. The summed E-state index contributed by atoms with van der Waals surface area (Å²) in [5.74, 6) is 0. The van der Waals surface area contributed by atoms with Crippen molar-refractivity contribution in [2.75, 3.05) is 6.54 Å². The Kier molecular flexibility index (Phi) is 4.61. The second-order valence-electron chi connectivity index (χ2n) is 4.42. The monoisotopic (exact) mass is 287 g/mol. The maximum Gasteiger partial charge on any atom is 0.289 e. The number of rotatable bonds is 5. The molecule has 1 atom stereocenters. The molecule has 0 aliphatic heterocycles. The van der Waals surface area contributed by atoms with Gasteiger partial charge in [0.15, 0.2) is 4.90 Å². The lowest BCUT2D eigenvalue weighted by Gasteiger charge is -2.13. The number of nitro benzene ring substituents is 1. The van der Waals surface area contributed by atoms with Crippen molar-refractivity contribution >= 4 is 15.7 Å². The maximum absolute atomic E-state index is 12.1. The van der Waals surface area contributed by atoms with Crippen molar-refractivity contribution in [1.29, 1.82) is 0 Å². The predicted octanol–water partition coefficient (Wildman–Crippen LogP) is 0.837. The highest BCUT2D eigenvalue weighted by Gasteiger charge is 2.27. The molecule has 3 N–H and O–H groups in total. The summed E-state index contributed by atoms with van der Waals surface area (Å²) in [5.41, 5.74) is 6.25. The van der Waals surface area contributed by atoms with Crippen LogP contribution >= 0.6 is 0 Å². The van der Waals surface area contributed by atoms with Gasteiger partial charge in [0.05, 0.1) is 4.92 Å². The van der Waals surface area contributed by atoms with Crippen LogP contribution in [0.25, 0.3) is 0 Å². The third kappa shape index (κ3) is 3.49. The highest BCUT2D eigenvalue weighted by atomic mass is 32.2. The van der Waals surface area contributed by atoms with Crippen LogP contribution in [0, 0.1) is 24.0 Å². The average Bonchev–Trinajstić information content (AvgIpc) is 2.30. The second-order valence-corrected chi connectivity index (χ2v) is 6.10. The Balaban J connectivity index is 3.40. The van der Waals surface area contributed by atoms with Crippen molar-refractivity contribution in [1.82, 2.24) is 4.72 Å². The zero-order valence-electron chi connectivity index (χ0n) is 11.0. The quantitative estimate of drug-likeness (QED) is 0.615. The topological polar surface area (TPSA) is 115 Å². The molecular formula is C11H17N3O4S. The summed E-state index contributed by atoms with van der Waals surface area (Å²) in [7, 11) is -3.96. The molecule has 0 saturated heterocycles. The number of sulfonamides is 1. The molecule has 0 aromatic heterocycles. The van der Waals surface area contributed by atoms with Gasteiger partial charge >= 0.3 is 0 Å². The number of nitrogens with two attached hydrogens (primary N) is 1. The lowest BCUT2D eigenvalue weighted by molar-refractivity contribution is -0.387. The summed E-state index contributed by atoms with van der Waals surface area (Å²) in [6.07, 6.45) is 0. The largest absolute Gasteiger partial charge is 0.329 e. The Morgan fingerprint density at radius 3 is 2.37 bits per heavy atom. The van der Waals surface area contributed by atoms with E-state index in [1.807, 2.05) is 0 Å². The highest BCUT2D eigenvalue weighted by molar-refractivity contribution is 7.89. The Hall–Kier alpha value is -1.51. The molecule has 0 amide bonds. The summed E-state index contributed by atoms with van der Waals surface area (Å²) >= 11 is 0. The molecule has 8 heteroatoms. The molecule has 19 heavy (non-hydrogen) atoms. The molecular weight excluding hydrogens is 270 g/mol. The van der Waals surface area contributed by atoms with Crippen LogP contribution in [-0.4, -0.2) is 25.9 Å². The Morgan fingerprint density at radius 1 is 1.37 bits per heavy atom. The number of hydrogen-bond acceptors (Lipinski definition) is 5. The van der Waals surface area contributed by atoms with Crippen LogP contribution in [0.15, 0.2) is 17.0 Å². The van der Waals surface area contributed by atoms with E-state index < -0.39 is 26.7 Å². The van der Waals surface area contributed by atoms with Crippen molar-refractivity contribution in [3.63, 3.8) is 0 Å². The van der Waals surface area contributed by atoms with E-state index >= 15 is 0 Å². The van der Waals surface area contributed by atoms with Gasteiger partial charge in [-0.1, -0.05) is 0 Å². The van der Waals surface area contributed by atoms with E-state index in [0.717, 1.165) is 0 Å². The number of aryl methyl sites for hydroxylation is 2. The molecule has 0 saturated carbocycles. The molecule has 1 aromatic carbocycles. The zero-order valence-corrected chi connectivity index (χ0v) is 11.8. The van der Waals surface area contributed by atoms with Gasteiger partial charge < -0.3 is 5.73 Å². The smallest absolute Gasteiger partial charge is 0.289 e. The predicted molar refractivity (Wildman–Crippen MR) is 71.4 cm³/mol. The van der Waals surface area contributed by atoms with Crippen molar-refractivity contribution in [2.24, 2.45) is 5.73 Å². The molecule has 0 heterocycles. The van der Waals surface area contributed by atoms with E-state index in [4.69, 9.17) is 5.73 Å². The van der Waals surface area contributed by atoms with E-state index in [0.29, 0.717) is 11.1 Å². The summed E-state index contributed by atoms with van der Waals surface area (Å²) in [4.78, 5) is 9.94. The molecule has 1 aromatic rings. The first-order valence-electron chi connectivity index (χ1n) is 5.67. The zero-order chi connectivity index (χ0) is 14.8. The molecule has 0 spiro atoms. The molecule has 0 unspecified atom stereocenters. The summed E-state index contributed by atoms with van der Waals surface area (Å²) < 4.78 is 26.5. The summed E-state index contributed by atoms with van der Waals surface area (Å²) in [5, 5.41) is 11.0. The lowest BCUT2D eigenvalue weighted by Crippen LogP contribution is -2.38. The van der Waals surface area contributed by atoms with Gasteiger partial charge in [0.1, 0.15) is 0 Å². The van der Waals surface area contributed by atoms with Crippen LogP contribution in [0.2, 0.25) is 0 Å². The van der Waals surface area contributed by atoms with Crippen molar-refractivity contribution in [2.45, 2.75) is 31.7 Å². The van der Waals surface area contributed by atoms with E-state index in [-0.39, 0.29) is 11.4 Å². The fourth-order valence-electron chi connectivity index (χ4n) is 1.51. The highest BCUT2D eigenvalue weighted by Crippen LogP contribution is 2.27. The van der Waals surface area contributed by atoms with Crippen LogP contribution < -0.4 is 10.5 Å². The number of benzene rings is 1. The summed E-state index contributed by atoms with van der Waals surface area (Å²) in [6.45, 7) is 5.08. The molecule has 0 fully saturated rings. The van der Waals surface area contributed by atoms with Gasteiger partial charge in [-0.05, 0) is 38.0 Å². The Bertz CT molecular complexity index is 598. The van der Waals surface area contributed by atoms with E-state index in [9.17, 15) is 18.5 Å². The van der Waals surface area contributed by atoms with E-state index in [2.05, 4.69) is 4.72 Å². The second kappa shape index (κ2) is 5.64. The van der Waals surface area contributed by atoms with Crippen LogP contribution in [0.4, 0.5) is 5.69 Å². The van der Waals surface area contributed by atoms with Gasteiger partial charge in [0.25, 0.3) is 5.69 Å². The Labute approximate surface area is 112 Å². The van der Waals surface area contributed by atoms with Crippen LogP contribution in [0.3, 0.4) is 0 Å². The first-order chi connectivity index (χ1) is 8.69. The van der Waals surface area contributed by atoms with E-state index in [1.54, 1.807) is 20.8 Å². The maximum atomic E-state index is 12.1. The molecule has 0 radical (unpaired) electrons. The third-order valence-electron chi connectivity index (χ3n) is 2.77. The minimum Gasteiger partial charge on any atom is -0.329 e. The van der Waals surface area contributed by atoms with Crippen LogP contribution in [0.5, 0.6) is 0 Å². The molecule has 0 aliphatic carbocycles. The van der Waals surface area contributed by atoms with Gasteiger partial charge in [-0.3, -0.25) is 10.1 Å². The number of nitro groups is 1. The van der Waals surface area contributed by atoms with Crippen molar-refractivity contribution < 1.29 is 13.3 Å². The minimum atomic E-state index is -3.96. The fourth-order valence-corrected chi connectivity index (χ4v) is 3.00. The SMILES string of the molecule is Cc1cc([N+](=O)[O-])c(S(=O)(=O)N[C@H](C)CN)cc1C. The standard InChI is InChI=1S/C11H17N3O4S/c1-7-4-10(14(15)16)11(5-8(7)2)19(17,18)13-9(3)6-12/h4-5,9,13H,6,12H2,1-3H3/t9-/m1/s1. The number of hydrogen-bond donors (Lipinski definition) is 2. The van der Waals surface area contributed by atoms with Gasteiger partial charge in [-0.2, -0.15) is 0 Å². The van der Waals surface area contributed by atoms with Gasteiger partial charge in [-0.15, -0.1) is 0 Å². The first-order valence-corrected chi connectivity index (χ1v) is 7.15. The normalized spacial score (nSPS) is 13.3. The molecule has 1 rings (SSSR count).